The second-order valence-corrected chi connectivity index (χ2v) is 6.36. The molecule has 0 saturated carbocycles. The monoisotopic (exact) mass is 267 g/mol. The summed E-state index contributed by atoms with van der Waals surface area (Å²) in [6.45, 7) is 6.54. The summed E-state index contributed by atoms with van der Waals surface area (Å²) in [5, 5.41) is 18.1. The van der Waals surface area contributed by atoms with E-state index in [1.54, 1.807) is 22.7 Å². The quantitative estimate of drug-likeness (QED) is 0.890. The Kier molecular flexibility index (Phi) is 4.12. The third kappa shape index (κ3) is 3.51. The van der Waals surface area contributed by atoms with E-state index in [4.69, 9.17) is 0 Å². The Morgan fingerprint density at radius 3 is 2.76 bits per heavy atom. The molecule has 3 nitrogen and oxygen atoms in total. The lowest BCUT2D eigenvalue weighted by atomic mass is 10.1. The molecule has 0 bridgehead atoms. The van der Waals surface area contributed by atoms with Crippen molar-refractivity contribution in [2.45, 2.75) is 33.2 Å². The van der Waals surface area contributed by atoms with Crippen LogP contribution >= 0.6 is 22.7 Å². The summed E-state index contributed by atoms with van der Waals surface area (Å²) < 4.78 is 0. The Labute approximate surface area is 110 Å². The molecule has 0 amide bonds. The second kappa shape index (κ2) is 5.60. The molecule has 1 N–H and O–H groups in total. The van der Waals surface area contributed by atoms with Gasteiger partial charge in [-0.1, -0.05) is 25.2 Å². The summed E-state index contributed by atoms with van der Waals surface area (Å²) in [4.78, 5) is 0. The van der Waals surface area contributed by atoms with E-state index >= 15 is 0 Å². The smallest absolute Gasteiger partial charge is 0.206 e. The van der Waals surface area contributed by atoms with Crippen molar-refractivity contribution >= 4 is 27.8 Å². The van der Waals surface area contributed by atoms with Crippen LogP contribution in [0.3, 0.4) is 0 Å². The normalized spacial score (nSPS) is 12.9. The SMILES string of the molecule is CC(C)Cc1nnc(NC(C)c2ccsc2)s1. The number of hydrogen-bond donors (Lipinski definition) is 1. The average molecular weight is 267 g/mol. The van der Waals surface area contributed by atoms with Crippen molar-refractivity contribution in [3.05, 3.63) is 27.4 Å². The lowest BCUT2D eigenvalue weighted by Gasteiger charge is -2.09. The molecule has 0 aliphatic rings. The van der Waals surface area contributed by atoms with Crippen LogP contribution in [0.4, 0.5) is 5.13 Å². The van der Waals surface area contributed by atoms with E-state index in [2.05, 4.69) is 53.1 Å². The minimum absolute atomic E-state index is 0.293. The van der Waals surface area contributed by atoms with Gasteiger partial charge in [-0.2, -0.15) is 11.3 Å². The van der Waals surface area contributed by atoms with Crippen LogP contribution in [0.2, 0.25) is 0 Å². The Morgan fingerprint density at radius 1 is 1.29 bits per heavy atom. The first kappa shape index (κ1) is 12.5. The molecule has 2 aromatic heterocycles. The molecule has 0 aliphatic carbocycles. The number of aromatic nitrogens is 2. The van der Waals surface area contributed by atoms with Crippen molar-refractivity contribution in [2.75, 3.05) is 5.32 Å². The third-order valence-electron chi connectivity index (χ3n) is 2.43. The van der Waals surface area contributed by atoms with Gasteiger partial charge in [0.15, 0.2) is 0 Å². The Bertz CT molecular complexity index is 448. The predicted molar refractivity (Wildman–Crippen MR) is 74.8 cm³/mol. The molecule has 5 heteroatoms. The molecule has 1 atom stereocenters. The highest BCUT2D eigenvalue weighted by atomic mass is 32.1. The molecule has 2 rings (SSSR count). The van der Waals surface area contributed by atoms with Crippen molar-refractivity contribution in [3.63, 3.8) is 0 Å². The van der Waals surface area contributed by atoms with Crippen LogP contribution in [0, 0.1) is 5.92 Å². The summed E-state index contributed by atoms with van der Waals surface area (Å²) in [5.74, 6) is 0.630. The molecule has 0 fully saturated rings. The van der Waals surface area contributed by atoms with Crippen molar-refractivity contribution in [2.24, 2.45) is 5.92 Å². The number of nitrogens with one attached hydrogen (secondary N) is 1. The van der Waals surface area contributed by atoms with Gasteiger partial charge >= 0.3 is 0 Å². The van der Waals surface area contributed by atoms with Crippen molar-refractivity contribution < 1.29 is 0 Å². The van der Waals surface area contributed by atoms with Gasteiger partial charge in [0.25, 0.3) is 0 Å². The molecule has 0 saturated heterocycles. The fourth-order valence-corrected chi connectivity index (χ4v) is 3.33. The van der Waals surface area contributed by atoms with E-state index in [1.165, 1.54) is 5.56 Å². The van der Waals surface area contributed by atoms with E-state index in [-0.39, 0.29) is 0 Å². The van der Waals surface area contributed by atoms with E-state index < -0.39 is 0 Å². The van der Waals surface area contributed by atoms with E-state index in [0.29, 0.717) is 12.0 Å². The minimum Gasteiger partial charge on any atom is -0.354 e. The van der Waals surface area contributed by atoms with Gasteiger partial charge in [0.2, 0.25) is 5.13 Å². The summed E-state index contributed by atoms with van der Waals surface area (Å²) in [6.07, 6.45) is 1.01. The van der Waals surface area contributed by atoms with Crippen molar-refractivity contribution in [3.8, 4) is 0 Å². The fraction of sp³-hybridized carbons (Fsp3) is 0.500. The molecule has 0 aliphatic heterocycles. The molecule has 92 valence electrons. The molecular formula is C12H17N3S2. The summed E-state index contributed by atoms with van der Waals surface area (Å²) >= 11 is 3.38. The standard InChI is InChI=1S/C12H17N3S2/c1-8(2)6-11-14-15-12(17-11)13-9(3)10-4-5-16-7-10/h4-5,7-9H,6H2,1-3H3,(H,13,15). The highest BCUT2D eigenvalue weighted by Crippen LogP contribution is 2.24. The highest BCUT2D eigenvalue weighted by Gasteiger charge is 2.10. The number of anilines is 1. The number of rotatable bonds is 5. The zero-order chi connectivity index (χ0) is 12.3. The first-order valence-electron chi connectivity index (χ1n) is 5.76. The molecule has 1 unspecified atom stereocenters. The summed E-state index contributed by atoms with van der Waals surface area (Å²) in [5.41, 5.74) is 1.30. The van der Waals surface area contributed by atoms with Gasteiger partial charge in [0, 0.05) is 6.42 Å². The van der Waals surface area contributed by atoms with Crippen LogP contribution in [0.5, 0.6) is 0 Å². The van der Waals surface area contributed by atoms with Crippen LogP contribution in [0.15, 0.2) is 16.8 Å². The molecule has 0 radical (unpaired) electrons. The zero-order valence-corrected chi connectivity index (χ0v) is 11.9. The maximum absolute atomic E-state index is 4.20. The van der Waals surface area contributed by atoms with E-state index in [9.17, 15) is 0 Å². The first-order valence-corrected chi connectivity index (χ1v) is 7.52. The first-order chi connectivity index (χ1) is 8.15. The van der Waals surface area contributed by atoms with Gasteiger partial charge in [-0.3, -0.25) is 0 Å². The summed E-state index contributed by atoms with van der Waals surface area (Å²) in [7, 11) is 0. The van der Waals surface area contributed by atoms with E-state index in [0.717, 1.165) is 16.6 Å². The van der Waals surface area contributed by atoms with Gasteiger partial charge in [0.1, 0.15) is 5.01 Å². The molecule has 2 aromatic rings. The Balaban J connectivity index is 1.97. The maximum Gasteiger partial charge on any atom is 0.206 e. The summed E-state index contributed by atoms with van der Waals surface area (Å²) in [6, 6.07) is 2.43. The Hall–Kier alpha value is -0.940. The minimum atomic E-state index is 0.293. The zero-order valence-electron chi connectivity index (χ0n) is 10.3. The fourth-order valence-electron chi connectivity index (χ4n) is 1.53. The van der Waals surface area contributed by atoms with Crippen molar-refractivity contribution in [1.29, 1.82) is 0 Å². The maximum atomic E-state index is 4.20. The number of hydrogen-bond acceptors (Lipinski definition) is 5. The predicted octanol–water partition coefficient (Wildman–Crippen LogP) is 3.97. The lowest BCUT2D eigenvalue weighted by molar-refractivity contribution is 0.640. The molecular weight excluding hydrogens is 250 g/mol. The van der Waals surface area contributed by atoms with Crippen LogP contribution in [0.1, 0.15) is 37.4 Å². The van der Waals surface area contributed by atoms with Crippen LogP contribution in [0.25, 0.3) is 0 Å². The number of nitrogens with zero attached hydrogens (tertiary/aromatic N) is 2. The van der Waals surface area contributed by atoms with Crippen LogP contribution in [-0.2, 0) is 6.42 Å². The van der Waals surface area contributed by atoms with Crippen LogP contribution in [-0.4, -0.2) is 10.2 Å². The average Bonchev–Trinajstić information content (AvgIpc) is 2.87. The molecule has 0 spiro atoms. The van der Waals surface area contributed by atoms with Gasteiger partial charge in [-0.05, 0) is 35.2 Å². The van der Waals surface area contributed by atoms with Gasteiger partial charge in [0.05, 0.1) is 6.04 Å². The van der Waals surface area contributed by atoms with Gasteiger partial charge in [-0.15, -0.1) is 10.2 Å². The van der Waals surface area contributed by atoms with E-state index in [1.807, 2.05) is 0 Å². The van der Waals surface area contributed by atoms with Crippen LogP contribution < -0.4 is 5.32 Å². The topological polar surface area (TPSA) is 37.8 Å². The lowest BCUT2D eigenvalue weighted by Crippen LogP contribution is -2.04. The molecule has 17 heavy (non-hydrogen) atoms. The van der Waals surface area contributed by atoms with Gasteiger partial charge < -0.3 is 5.32 Å². The molecule has 0 aromatic carbocycles. The second-order valence-electron chi connectivity index (χ2n) is 4.52. The largest absolute Gasteiger partial charge is 0.354 e. The van der Waals surface area contributed by atoms with Gasteiger partial charge in [-0.25, -0.2) is 0 Å². The highest BCUT2D eigenvalue weighted by molar-refractivity contribution is 7.15. The number of thiophene rings is 1. The molecule has 2 heterocycles. The third-order valence-corrected chi connectivity index (χ3v) is 4.01. The van der Waals surface area contributed by atoms with Crippen molar-refractivity contribution in [1.82, 2.24) is 10.2 Å². The Morgan fingerprint density at radius 2 is 2.12 bits per heavy atom.